The maximum atomic E-state index is 13.9. The van der Waals surface area contributed by atoms with E-state index in [1.165, 1.54) is 4.90 Å². The number of hydrogen-bond acceptors (Lipinski definition) is 9. The number of allylic oxidation sites excluding steroid dienone is 1. The molecule has 0 radical (unpaired) electrons. The van der Waals surface area contributed by atoms with E-state index in [1.807, 2.05) is 56.3 Å². The van der Waals surface area contributed by atoms with Crippen LogP contribution in [0.2, 0.25) is 0 Å². The molecule has 0 saturated carbocycles. The van der Waals surface area contributed by atoms with Crippen LogP contribution < -0.4 is 20.7 Å². The van der Waals surface area contributed by atoms with Crippen molar-refractivity contribution in [1.82, 2.24) is 9.99 Å². The van der Waals surface area contributed by atoms with Crippen molar-refractivity contribution in [2.75, 3.05) is 31.4 Å². The summed E-state index contributed by atoms with van der Waals surface area (Å²) in [5.74, 6) is -0.414. The number of carbonyl (C=O) groups is 3. The van der Waals surface area contributed by atoms with Gasteiger partial charge in [-0.05, 0) is 69.5 Å². The molecular formula is C36H47N4O8P. The van der Waals surface area contributed by atoms with E-state index in [-0.39, 0.29) is 38.6 Å². The molecule has 49 heavy (non-hydrogen) atoms. The summed E-state index contributed by atoms with van der Waals surface area (Å²) in [6.07, 6.45) is 1.85. The van der Waals surface area contributed by atoms with Crippen LogP contribution >= 0.6 is 7.52 Å². The van der Waals surface area contributed by atoms with Gasteiger partial charge in [-0.25, -0.2) is 9.88 Å². The summed E-state index contributed by atoms with van der Waals surface area (Å²) < 4.78 is 36.5. The molecule has 264 valence electrons. The fourth-order valence-electron chi connectivity index (χ4n) is 4.30. The number of nitrogens with two attached hydrogens (primary N) is 1. The molecule has 2 amide bonds. The molecule has 0 aliphatic heterocycles. The number of para-hydroxylation sites is 1. The second-order valence-corrected chi connectivity index (χ2v) is 13.7. The Morgan fingerprint density at radius 1 is 0.898 bits per heavy atom. The van der Waals surface area contributed by atoms with E-state index >= 15 is 0 Å². The predicted molar refractivity (Wildman–Crippen MR) is 189 cm³/mol. The minimum atomic E-state index is -3.54. The van der Waals surface area contributed by atoms with Gasteiger partial charge in [0.05, 0.1) is 18.8 Å². The lowest BCUT2D eigenvalue weighted by molar-refractivity contribution is -0.146. The van der Waals surface area contributed by atoms with E-state index < -0.39 is 31.7 Å². The number of rotatable bonds is 19. The Balaban J connectivity index is 1.47. The molecule has 0 spiro atoms. The van der Waals surface area contributed by atoms with Crippen molar-refractivity contribution >= 4 is 31.2 Å². The van der Waals surface area contributed by atoms with Crippen LogP contribution in [0.4, 0.5) is 10.5 Å². The maximum absolute atomic E-state index is 13.9. The van der Waals surface area contributed by atoms with Crippen molar-refractivity contribution in [3.63, 3.8) is 0 Å². The zero-order chi connectivity index (χ0) is 35.6. The molecule has 1 unspecified atom stereocenters. The number of amides is 2. The third kappa shape index (κ3) is 14.3. The molecule has 3 rings (SSSR count). The van der Waals surface area contributed by atoms with E-state index in [0.717, 1.165) is 16.7 Å². The van der Waals surface area contributed by atoms with E-state index in [1.54, 1.807) is 62.4 Å². The monoisotopic (exact) mass is 694 g/mol. The molecule has 0 bridgehead atoms. The van der Waals surface area contributed by atoms with Gasteiger partial charge in [0.1, 0.15) is 31.7 Å². The fourth-order valence-corrected chi connectivity index (χ4v) is 6.20. The second-order valence-electron chi connectivity index (χ2n) is 11.4. The molecule has 0 heterocycles. The van der Waals surface area contributed by atoms with Crippen LogP contribution in [-0.2, 0) is 41.6 Å². The molecule has 12 nitrogen and oxygen atoms in total. The Kier molecular flexibility index (Phi) is 16.0. The van der Waals surface area contributed by atoms with Crippen molar-refractivity contribution < 1.29 is 37.7 Å². The zero-order valence-electron chi connectivity index (χ0n) is 28.5. The van der Waals surface area contributed by atoms with Gasteiger partial charge in [-0.2, -0.15) is 0 Å². The summed E-state index contributed by atoms with van der Waals surface area (Å²) >= 11 is 0. The Morgan fingerprint density at radius 3 is 2.14 bits per heavy atom. The normalized spacial score (nSPS) is 13.8. The SMILES string of the molecule is CCN(COC/C(C)=C/CCP(=O)(N[C@@H](C)C(=O)OCc1ccccc1)Oc1ccccc1)C(=O)OCc1ccc(NC(=O)[C@H](C)N)cc1. The van der Waals surface area contributed by atoms with Gasteiger partial charge >= 0.3 is 19.6 Å². The lowest BCUT2D eigenvalue weighted by Crippen LogP contribution is -2.35. The summed E-state index contributed by atoms with van der Waals surface area (Å²) in [4.78, 5) is 38.5. The zero-order valence-corrected chi connectivity index (χ0v) is 29.4. The molecule has 3 aromatic rings. The number of carbonyl (C=O) groups excluding carboxylic acids is 3. The number of esters is 1. The van der Waals surface area contributed by atoms with Crippen LogP contribution in [0.1, 0.15) is 45.2 Å². The van der Waals surface area contributed by atoms with E-state index in [0.29, 0.717) is 24.4 Å². The molecule has 4 N–H and O–H groups in total. The van der Waals surface area contributed by atoms with E-state index in [9.17, 15) is 18.9 Å². The van der Waals surface area contributed by atoms with Crippen LogP contribution in [0.3, 0.4) is 0 Å². The van der Waals surface area contributed by atoms with E-state index in [4.69, 9.17) is 24.5 Å². The highest BCUT2D eigenvalue weighted by Gasteiger charge is 2.30. The lowest BCUT2D eigenvalue weighted by atomic mass is 10.2. The number of nitrogens with one attached hydrogen (secondary N) is 2. The third-order valence-electron chi connectivity index (χ3n) is 7.09. The van der Waals surface area contributed by atoms with Gasteiger partial charge in [0.25, 0.3) is 0 Å². The molecule has 0 saturated heterocycles. The average molecular weight is 695 g/mol. The first-order chi connectivity index (χ1) is 23.5. The van der Waals surface area contributed by atoms with Crippen LogP contribution in [0, 0.1) is 0 Å². The van der Waals surface area contributed by atoms with E-state index in [2.05, 4.69) is 10.4 Å². The van der Waals surface area contributed by atoms with Gasteiger partial charge in [-0.15, -0.1) is 0 Å². The summed E-state index contributed by atoms with van der Waals surface area (Å²) in [5.41, 5.74) is 8.64. The lowest BCUT2D eigenvalue weighted by Gasteiger charge is -2.23. The van der Waals surface area contributed by atoms with Crippen molar-refractivity contribution in [3.8, 4) is 5.75 Å². The van der Waals surface area contributed by atoms with Crippen LogP contribution in [0.15, 0.2) is 96.6 Å². The largest absolute Gasteiger partial charge is 0.460 e. The number of nitrogens with zero attached hydrogens (tertiary/aromatic N) is 1. The third-order valence-corrected chi connectivity index (χ3v) is 9.23. The maximum Gasteiger partial charge on any atom is 0.411 e. The fraction of sp³-hybridized carbons (Fsp3) is 0.361. The molecule has 0 aliphatic carbocycles. The number of hydrogen-bond donors (Lipinski definition) is 3. The smallest absolute Gasteiger partial charge is 0.411 e. The summed E-state index contributed by atoms with van der Waals surface area (Å²) in [7, 11) is -3.54. The molecule has 3 aromatic carbocycles. The molecule has 0 aromatic heterocycles. The second kappa shape index (κ2) is 20.1. The Bertz CT molecular complexity index is 1550. The topological polar surface area (TPSA) is 159 Å². The summed E-state index contributed by atoms with van der Waals surface area (Å²) in [6.45, 7) is 7.67. The van der Waals surface area contributed by atoms with Gasteiger partial charge in [-0.1, -0.05) is 72.3 Å². The predicted octanol–water partition coefficient (Wildman–Crippen LogP) is 6.23. The first kappa shape index (κ1) is 39.0. The van der Waals surface area contributed by atoms with Crippen LogP contribution in [-0.4, -0.2) is 61.0 Å². The number of ether oxygens (including phenoxy) is 3. The number of benzene rings is 3. The van der Waals surface area contributed by atoms with Crippen molar-refractivity contribution in [2.45, 2.75) is 59.4 Å². The van der Waals surface area contributed by atoms with Crippen LogP contribution in [0.25, 0.3) is 0 Å². The Morgan fingerprint density at radius 2 is 1.51 bits per heavy atom. The highest BCUT2D eigenvalue weighted by atomic mass is 31.2. The summed E-state index contributed by atoms with van der Waals surface area (Å²) in [6, 6.07) is 23.5. The number of anilines is 1. The molecule has 3 atom stereocenters. The van der Waals surface area contributed by atoms with Gasteiger partial charge < -0.3 is 29.8 Å². The average Bonchev–Trinajstić information content (AvgIpc) is 3.09. The van der Waals surface area contributed by atoms with Crippen LogP contribution in [0.5, 0.6) is 5.75 Å². The Hall–Kier alpha value is -4.48. The van der Waals surface area contributed by atoms with Crippen molar-refractivity contribution in [3.05, 3.63) is 108 Å². The molecule has 13 heteroatoms. The minimum Gasteiger partial charge on any atom is -0.460 e. The van der Waals surface area contributed by atoms with Gasteiger partial charge in [0.15, 0.2) is 0 Å². The standard InChI is InChI=1S/C36H47N4O8P/c1-5-40(36(43)47-25-31-18-20-32(21-19-31)38-34(41)28(3)37)26-45-23-27(2)13-12-22-49(44,48-33-16-10-7-11-17-33)39-29(4)35(42)46-24-30-14-8-6-9-15-30/h6-11,13-21,28-29H,5,12,22-26,37H2,1-4H3,(H,38,41)(H,39,44)/b27-13+/t28-,29-,49?/m0/s1. The first-order valence-electron chi connectivity index (χ1n) is 16.1. The van der Waals surface area contributed by atoms with Gasteiger partial charge in [0.2, 0.25) is 5.91 Å². The van der Waals surface area contributed by atoms with Gasteiger partial charge in [-0.3, -0.25) is 19.1 Å². The minimum absolute atomic E-state index is 0.0164. The summed E-state index contributed by atoms with van der Waals surface area (Å²) in [5, 5.41) is 5.59. The molecule has 0 aliphatic rings. The van der Waals surface area contributed by atoms with Crippen molar-refractivity contribution in [1.29, 1.82) is 0 Å². The molecule has 0 fully saturated rings. The molecular weight excluding hydrogens is 647 g/mol. The Labute approximate surface area is 288 Å². The van der Waals surface area contributed by atoms with Crippen molar-refractivity contribution in [2.24, 2.45) is 5.73 Å². The highest BCUT2D eigenvalue weighted by Crippen LogP contribution is 2.44. The highest BCUT2D eigenvalue weighted by molar-refractivity contribution is 7.57. The first-order valence-corrected chi connectivity index (χ1v) is 17.9. The quantitative estimate of drug-likeness (QED) is 0.0568. The van der Waals surface area contributed by atoms with Gasteiger partial charge in [0, 0.05) is 12.2 Å².